The van der Waals surface area contributed by atoms with Crippen molar-refractivity contribution in [2.24, 2.45) is 5.92 Å². The highest BCUT2D eigenvalue weighted by atomic mass is 16.4. The molecule has 2 amide bonds. The second-order valence-electron chi connectivity index (χ2n) is 6.30. The Balaban J connectivity index is 1.75. The van der Waals surface area contributed by atoms with Crippen LogP contribution in [-0.4, -0.2) is 40.9 Å². The summed E-state index contributed by atoms with van der Waals surface area (Å²) >= 11 is 0. The molecule has 1 heterocycles. The van der Waals surface area contributed by atoms with Gasteiger partial charge in [0.15, 0.2) is 0 Å². The van der Waals surface area contributed by atoms with E-state index in [2.05, 4.69) is 5.32 Å². The van der Waals surface area contributed by atoms with Crippen molar-refractivity contribution >= 4 is 17.8 Å². The SMILES string of the molecule is Cc1ccc(CN2CC(C(=O)NCCCCC(=O)O)CC2=O)cc1. The van der Waals surface area contributed by atoms with Crippen LogP contribution >= 0.6 is 0 Å². The van der Waals surface area contributed by atoms with Crippen LogP contribution in [0.3, 0.4) is 0 Å². The van der Waals surface area contributed by atoms with Crippen LogP contribution in [0, 0.1) is 12.8 Å². The lowest BCUT2D eigenvalue weighted by Gasteiger charge is -2.17. The predicted octanol–water partition coefficient (Wildman–Crippen LogP) is 1.71. The maximum Gasteiger partial charge on any atom is 0.303 e. The number of aliphatic carboxylic acids is 1. The number of aryl methyl sites for hydroxylation is 1. The maximum absolute atomic E-state index is 12.1. The van der Waals surface area contributed by atoms with Crippen molar-refractivity contribution in [1.82, 2.24) is 10.2 Å². The number of hydrogen-bond acceptors (Lipinski definition) is 3. The molecule has 6 heteroatoms. The van der Waals surface area contributed by atoms with Crippen LogP contribution in [0.5, 0.6) is 0 Å². The number of carboxylic acids is 1. The van der Waals surface area contributed by atoms with Crippen molar-refractivity contribution in [3.8, 4) is 0 Å². The molecule has 0 aliphatic carbocycles. The van der Waals surface area contributed by atoms with Crippen molar-refractivity contribution in [1.29, 1.82) is 0 Å². The number of nitrogens with zero attached hydrogens (tertiary/aromatic N) is 1. The van der Waals surface area contributed by atoms with E-state index in [1.807, 2.05) is 31.2 Å². The summed E-state index contributed by atoms with van der Waals surface area (Å²) in [7, 11) is 0. The van der Waals surface area contributed by atoms with Crippen molar-refractivity contribution in [3.05, 3.63) is 35.4 Å². The fourth-order valence-corrected chi connectivity index (χ4v) is 2.77. The molecule has 0 saturated carbocycles. The Morgan fingerprint density at radius 1 is 1.25 bits per heavy atom. The molecule has 2 N–H and O–H groups in total. The van der Waals surface area contributed by atoms with Crippen molar-refractivity contribution in [2.75, 3.05) is 13.1 Å². The van der Waals surface area contributed by atoms with Crippen LogP contribution in [0.25, 0.3) is 0 Å². The lowest BCUT2D eigenvalue weighted by Crippen LogP contribution is -2.33. The first-order valence-electron chi connectivity index (χ1n) is 8.28. The molecule has 0 radical (unpaired) electrons. The molecule has 1 aromatic rings. The van der Waals surface area contributed by atoms with Crippen LogP contribution < -0.4 is 5.32 Å². The van der Waals surface area contributed by atoms with Gasteiger partial charge in [-0.1, -0.05) is 29.8 Å². The molecule has 1 aromatic carbocycles. The van der Waals surface area contributed by atoms with Gasteiger partial charge in [0, 0.05) is 32.5 Å². The summed E-state index contributed by atoms with van der Waals surface area (Å²) in [6.45, 7) is 3.44. The molecule has 0 aromatic heterocycles. The summed E-state index contributed by atoms with van der Waals surface area (Å²) < 4.78 is 0. The Labute approximate surface area is 141 Å². The topological polar surface area (TPSA) is 86.7 Å². The average molecular weight is 332 g/mol. The summed E-state index contributed by atoms with van der Waals surface area (Å²) in [5, 5.41) is 11.4. The fourth-order valence-electron chi connectivity index (χ4n) is 2.77. The van der Waals surface area contributed by atoms with Crippen molar-refractivity contribution in [3.63, 3.8) is 0 Å². The first-order chi connectivity index (χ1) is 11.5. The van der Waals surface area contributed by atoms with Gasteiger partial charge in [0.25, 0.3) is 0 Å². The third-order valence-corrected chi connectivity index (χ3v) is 4.20. The van der Waals surface area contributed by atoms with Gasteiger partial charge >= 0.3 is 5.97 Å². The molecular formula is C18H24N2O4. The second-order valence-corrected chi connectivity index (χ2v) is 6.30. The van der Waals surface area contributed by atoms with Gasteiger partial charge in [-0.2, -0.15) is 0 Å². The molecular weight excluding hydrogens is 308 g/mol. The van der Waals surface area contributed by atoms with E-state index < -0.39 is 5.97 Å². The molecule has 2 rings (SSSR count). The first-order valence-corrected chi connectivity index (χ1v) is 8.28. The van der Waals surface area contributed by atoms with Gasteiger partial charge in [-0.3, -0.25) is 14.4 Å². The molecule has 24 heavy (non-hydrogen) atoms. The minimum atomic E-state index is -0.825. The highest BCUT2D eigenvalue weighted by Gasteiger charge is 2.33. The van der Waals surface area contributed by atoms with Gasteiger partial charge in [-0.25, -0.2) is 0 Å². The summed E-state index contributed by atoms with van der Waals surface area (Å²) in [4.78, 5) is 36.4. The van der Waals surface area contributed by atoms with Crippen LogP contribution in [0.1, 0.15) is 36.8 Å². The highest BCUT2D eigenvalue weighted by molar-refractivity contribution is 5.89. The maximum atomic E-state index is 12.1. The van der Waals surface area contributed by atoms with Crippen LogP contribution in [0.15, 0.2) is 24.3 Å². The number of hydrogen-bond donors (Lipinski definition) is 2. The molecule has 1 fully saturated rings. The van der Waals surface area contributed by atoms with Crippen molar-refractivity contribution < 1.29 is 19.5 Å². The zero-order valence-electron chi connectivity index (χ0n) is 14.0. The number of benzene rings is 1. The molecule has 0 bridgehead atoms. The lowest BCUT2D eigenvalue weighted by molar-refractivity contribution is -0.137. The zero-order chi connectivity index (χ0) is 17.5. The molecule has 6 nitrogen and oxygen atoms in total. The van der Waals surface area contributed by atoms with E-state index in [1.54, 1.807) is 4.90 Å². The van der Waals surface area contributed by atoms with Gasteiger partial charge in [0.05, 0.1) is 5.92 Å². The third kappa shape index (κ3) is 5.37. The quantitative estimate of drug-likeness (QED) is 0.710. The van der Waals surface area contributed by atoms with Crippen LogP contribution in [-0.2, 0) is 20.9 Å². The van der Waals surface area contributed by atoms with E-state index in [-0.39, 0.29) is 30.6 Å². The first kappa shape index (κ1) is 18.0. The number of likely N-dealkylation sites (tertiary alicyclic amines) is 1. The van der Waals surface area contributed by atoms with E-state index in [1.165, 1.54) is 5.56 Å². The Bertz CT molecular complexity index is 598. The summed E-state index contributed by atoms with van der Waals surface area (Å²) in [6, 6.07) is 8.02. The minimum absolute atomic E-state index is 0.00148. The summed E-state index contributed by atoms with van der Waals surface area (Å²) in [5.74, 6) is -1.26. The Morgan fingerprint density at radius 2 is 1.96 bits per heavy atom. The average Bonchev–Trinajstić information content (AvgIpc) is 2.90. The molecule has 1 aliphatic heterocycles. The molecule has 1 saturated heterocycles. The number of rotatable bonds is 8. The summed E-state index contributed by atoms with van der Waals surface area (Å²) in [5.41, 5.74) is 2.23. The van der Waals surface area contributed by atoms with Crippen molar-refractivity contribution in [2.45, 2.75) is 39.2 Å². The number of carboxylic acid groups (broad SMARTS) is 1. The second kappa shape index (κ2) is 8.47. The largest absolute Gasteiger partial charge is 0.481 e. The zero-order valence-corrected chi connectivity index (χ0v) is 14.0. The molecule has 1 atom stereocenters. The summed E-state index contributed by atoms with van der Waals surface area (Å²) in [6.07, 6.45) is 1.53. The van der Waals surface area contributed by atoms with E-state index in [0.29, 0.717) is 32.5 Å². The Morgan fingerprint density at radius 3 is 2.62 bits per heavy atom. The molecule has 1 unspecified atom stereocenters. The molecule has 1 aliphatic rings. The van der Waals surface area contributed by atoms with Crippen LogP contribution in [0.4, 0.5) is 0 Å². The molecule has 0 spiro atoms. The number of carbonyl (C=O) groups is 3. The highest BCUT2D eigenvalue weighted by Crippen LogP contribution is 2.20. The smallest absolute Gasteiger partial charge is 0.303 e. The number of unbranched alkanes of at least 4 members (excludes halogenated alkanes) is 1. The van der Waals surface area contributed by atoms with Gasteiger partial charge in [-0.05, 0) is 25.3 Å². The monoisotopic (exact) mass is 332 g/mol. The molecule has 130 valence electrons. The fraction of sp³-hybridized carbons (Fsp3) is 0.500. The van der Waals surface area contributed by atoms with E-state index in [0.717, 1.165) is 5.56 Å². The number of amides is 2. The predicted molar refractivity (Wildman–Crippen MR) is 89.2 cm³/mol. The van der Waals surface area contributed by atoms with Gasteiger partial charge < -0.3 is 15.3 Å². The van der Waals surface area contributed by atoms with Gasteiger partial charge in [0.2, 0.25) is 11.8 Å². The number of carbonyl (C=O) groups excluding carboxylic acids is 2. The Hall–Kier alpha value is -2.37. The van der Waals surface area contributed by atoms with Gasteiger partial charge in [-0.15, -0.1) is 0 Å². The van der Waals surface area contributed by atoms with Crippen LogP contribution in [0.2, 0.25) is 0 Å². The third-order valence-electron chi connectivity index (χ3n) is 4.20. The minimum Gasteiger partial charge on any atom is -0.481 e. The Kier molecular flexibility index (Phi) is 6.35. The number of nitrogens with one attached hydrogen (secondary N) is 1. The normalized spacial score (nSPS) is 17.1. The standard InChI is InChI=1S/C18H24N2O4/c1-13-5-7-14(8-6-13)11-20-12-15(10-16(20)21)18(24)19-9-3-2-4-17(22)23/h5-8,15H,2-4,9-12H2,1H3,(H,19,24)(H,22,23). The van der Waals surface area contributed by atoms with E-state index in [9.17, 15) is 14.4 Å². The van der Waals surface area contributed by atoms with E-state index >= 15 is 0 Å². The lowest BCUT2D eigenvalue weighted by atomic mass is 10.1. The van der Waals surface area contributed by atoms with E-state index in [4.69, 9.17) is 5.11 Å². The van der Waals surface area contributed by atoms with Gasteiger partial charge in [0.1, 0.15) is 0 Å².